The second-order valence-corrected chi connectivity index (χ2v) is 7.72. The zero-order chi connectivity index (χ0) is 18.7. The summed E-state index contributed by atoms with van der Waals surface area (Å²) in [5.74, 6) is 0.886. The molecule has 6 heteroatoms. The lowest BCUT2D eigenvalue weighted by Gasteiger charge is -2.37. The summed E-state index contributed by atoms with van der Waals surface area (Å²) >= 11 is -2.43. The first-order valence-electron chi connectivity index (χ1n) is 8.25. The van der Waals surface area contributed by atoms with Gasteiger partial charge in [-0.1, -0.05) is 39.0 Å². The predicted octanol–water partition coefficient (Wildman–Crippen LogP) is 4.13. The van der Waals surface area contributed by atoms with Crippen molar-refractivity contribution in [3.8, 4) is 5.75 Å². The normalized spacial score (nSPS) is 24.6. The first kappa shape index (κ1) is 19.7. The summed E-state index contributed by atoms with van der Waals surface area (Å²) in [5, 5.41) is 0. The molecule has 0 amide bonds. The van der Waals surface area contributed by atoms with E-state index in [1.165, 1.54) is 5.56 Å². The van der Waals surface area contributed by atoms with Crippen LogP contribution in [0.15, 0.2) is 48.3 Å². The molecular weight excluding hydrogens is 340 g/mol. The van der Waals surface area contributed by atoms with Crippen LogP contribution in [-0.4, -0.2) is 27.1 Å². The Labute approximate surface area is 152 Å². The molecule has 0 spiro atoms. The molecule has 0 aliphatic heterocycles. The number of allylic oxidation sites excluding steroid dienone is 2. The van der Waals surface area contributed by atoms with Crippen LogP contribution in [0, 0.1) is 0 Å². The van der Waals surface area contributed by atoms with Crippen LogP contribution >= 0.6 is 0 Å². The molecule has 0 aromatic heterocycles. The highest BCUT2D eigenvalue weighted by Gasteiger charge is 2.41. The lowest BCUT2D eigenvalue weighted by molar-refractivity contribution is -0.0627. The fourth-order valence-electron chi connectivity index (χ4n) is 2.72. The topological polar surface area (TPSA) is 65.0 Å². The number of benzene rings is 1. The van der Waals surface area contributed by atoms with Crippen molar-refractivity contribution in [3.05, 3.63) is 53.8 Å². The van der Waals surface area contributed by atoms with E-state index in [4.69, 9.17) is 18.2 Å². The van der Waals surface area contributed by atoms with Gasteiger partial charge in [-0.05, 0) is 49.1 Å². The van der Waals surface area contributed by atoms with Crippen molar-refractivity contribution in [2.45, 2.75) is 51.7 Å². The molecular formula is C19H26O5S. The van der Waals surface area contributed by atoms with Gasteiger partial charge >= 0.3 is 11.4 Å². The first-order valence-corrected chi connectivity index (χ1v) is 9.28. The fourth-order valence-corrected chi connectivity index (χ4v) is 3.03. The second kappa shape index (κ2) is 7.72. The second-order valence-electron chi connectivity index (χ2n) is 7.12. The van der Waals surface area contributed by atoms with Gasteiger partial charge in [-0.15, -0.1) is 0 Å². The van der Waals surface area contributed by atoms with Gasteiger partial charge in [0.2, 0.25) is 0 Å². The molecule has 1 N–H and O–H groups in total. The molecule has 0 fully saturated rings. The van der Waals surface area contributed by atoms with Crippen LogP contribution in [0.25, 0.3) is 0 Å². The molecule has 0 heterocycles. The Bertz CT molecular complexity index is 672. The molecule has 0 radical (unpaired) electrons. The van der Waals surface area contributed by atoms with Crippen LogP contribution in [0.1, 0.15) is 40.2 Å². The van der Waals surface area contributed by atoms with Gasteiger partial charge < -0.3 is 13.7 Å². The van der Waals surface area contributed by atoms with Crippen molar-refractivity contribution in [2.24, 2.45) is 0 Å². The van der Waals surface area contributed by atoms with E-state index in [0.717, 1.165) is 0 Å². The van der Waals surface area contributed by atoms with E-state index in [1.807, 2.05) is 44.2 Å². The Kier molecular flexibility index (Phi) is 6.08. The zero-order valence-electron chi connectivity index (χ0n) is 15.3. The molecule has 0 bridgehead atoms. The minimum absolute atomic E-state index is 0.0495. The summed E-state index contributed by atoms with van der Waals surface area (Å²) in [7, 11) is 0. The van der Waals surface area contributed by atoms with Crippen LogP contribution < -0.4 is 4.74 Å². The molecule has 1 aliphatic carbocycles. The quantitative estimate of drug-likeness (QED) is 0.767. The number of hydrogen-bond acceptors (Lipinski definition) is 4. The largest absolute Gasteiger partial charge is 0.479 e. The average Bonchev–Trinajstić information content (AvgIpc) is 2.50. The van der Waals surface area contributed by atoms with E-state index in [2.05, 4.69) is 20.8 Å². The molecule has 138 valence electrons. The number of ether oxygens (including phenoxy) is 2. The molecule has 3 atom stereocenters. The van der Waals surface area contributed by atoms with Gasteiger partial charge in [-0.2, -0.15) is 4.21 Å². The Balaban J connectivity index is 2.29. The van der Waals surface area contributed by atoms with Gasteiger partial charge in [0.15, 0.2) is 11.9 Å². The average molecular weight is 366 g/mol. The molecule has 25 heavy (non-hydrogen) atoms. The lowest BCUT2D eigenvalue weighted by atomic mass is 9.87. The number of rotatable bonds is 6. The highest BCUT2D eigenvalue weighted by atomic mass is 32.2. The van der Waals surface area contributed by atoms with Crippen molar-refractivity contribution in [1.82, 2.24) is 0 Å². The summed E-state index contributed by atoms with van der Waals surface area (Å²) in [6.45, 7) is 10.7. The maximum absolute atomic E-state index is 11.1. The minimum atomic E-state index is -2.43. The van der Waals surface area contributed by atoms with E-state index in [9.17, 15) is 4.21 Å². The third kappa shape index (κ3) is 4.93. The summed E-state index contributed by atoms with van der Waals surface area (Å²) in [6.07, 6.45) is 4.54. The molecule has 0 saturated carbocycles. The standard InChI is InChI=1S/C19H26O5S/c1-6-22-19(5)13-7-8-16(24-25(20)21)17(19)23-15-11-9-14(10-12-15)18(2,3)4/h7-13,17H,6H2,1-5H3,(H,20,21). The van der Waals surface area contributed by atoms with Gasteiger partial charge in [0, 0.05) is 6.61 Å². The van der Waals surface area contributed by atoms with Crippen LogP contribution in [0.3, 0.4) is 0 Å². The predicted molar refractivity (Wildman–Crippen MR) is 98.7 cm³/mol. The van der Waals surface area contributed by atoms with Crippen molar-refractivity contribution < 1.29 is 22.4 Å². The molecule has 0 saturated heterocycles. The van der Waals surface area contributed by atoms with Gasteiger partial charge in [-0.25, -0.2) is 0 Å². The summed E-state index contributed by atoms with van der Waals surface area (Å²) in [6, 6.07) is 7.80. The minimum Gasteiger partial charge on any atom is -0.479 e. The van der Waals surface area contributed by atoms with Gasteiger partial charge in [-0.3, -0.25) is 4.55 Å². The SMILES string of the molecule is CCOC1(C)C=CC=C(OS(=O)O)C1Oc1ccc(C(C)(C)C)cc1. The molecule has 3 unspecified atom stereocenters. The van der Waals surface area contributed by atoms with Crippen molar-refractivity contribution in [3.63, 3.8) is 0 Å². The summed E-state index contributed by atoms with van der Waals surface area (Å²) < 4.78 is 37.2. The highest BCUT2D eigenvalue weighted by molar-refractivity contribution is 7.74. The Morgan fingerprint density at radius 3 is 2.40 bits per heavy atom. The highest BCUT2D eigenvalue weighted by Crippen LogP contribution is 2.33. The maximum atomic E-state index is 11.1. The van der Waals surface area contributed by atoms with Gasteiger partial charge in [0.05, 0.1) is 0 Å². The number of hydrogen-bond donors (Lipinski definition) is 1. The van der Waals surface area contributed by atoms with Crippen LogP contribution in [0.5, 0.6) is 5.75 Å². The third-order valence-electron chi connectivity index (χ3n) is 4.06. The van der Waals surface area contributed by atoms with Crippen molar-refractivity contribution in [1.29, 1.82) is 0 Å². The van der Waals surface area contributed by atoms with Crippen LogP contribution in [-0.2, 0) is 25.7 Å². The molecule has 2 rings (SSSR count). The molecule has 5 nitrogen and oxygen atoms in total. The molecule has 1 aromatic rings. The van der Waals surface area contributed by atoms with E-state index < -0.39 is 23.1 Å². The Morgan fingerprint density at radius 2 is 1.88 bits per heavy atom. The Hall–Kier alpha value is -1.63. The van der Waals surface area contributed by atoms with Crippen molar-refractivity contribution in [2.75, 3.05) is 6.61 Å². The molecule has 1 aromatic carbocycles. The fraction of sp³-hybridized carbons (Fsp3) is 0.474. The van der Waals surface area contributed by atoms with E-state index >= 15 is 0 Å². The van der Waals surface area contributed by atoms with E-state index in [-0.39, 0.29) is 11.2 Å². The smallest absolute Gasteiger partial charge is 0.357 e. The monoisotopic (exact) mass is 366 g/mol. The molecule has 1 aliphatic rings. The van der Waals surface area contributed by atoms with Gasteiger partial charge in [0.25, 0.3) is 0 Å². The van der Waals surface area contributed by atoms with E-state index in [0.29, 0.717) is 12.4 Å². The first-order chi connectivity index (χ1) is 11.7. The Morgan fingerprint density at radius 1 is 1.24 bits per heavy atom. The zero-order valence-corrected chi connectivity index (χ0v) is 16.1. The van der Waals surface area contributed by atoms with Crippen LogP contribution in [0.2, 0.25) is 0 Å². The summed E-state index contributed by atoms with van der Waals surface area (Å²) in [5.41, 5.74) is 0.439. The van der Waals surface area contributed by atoms with Crippen LogP contribution in [0.4, 0.5) is 0 Å². The van der Waals surface area contributed by atoms with Gasteiger partial charge in [0.1, 0.15) is 11.4 Å². The maximum Gasteiger partial charge on any atom is 0.357 e. The third-order valence-corrected chi connectivity index (χ3v) is 4.40. The summed E-state index contributed by atoms with van der Waals surface area (Å²) in [4.78, 5) is 0. The van der Waals surface area contributed by atoms with E-state index in [1.54, 1.807) is 12.2 Å². The lowest BCUT2D eigenvalue weighted by Crippen LogP contribution is -2.47. The van der Waals surface area contributed by atoms with Crippen molar-refractivity contribution >= 4 is 11.4 Å².